The Balaban J connectivity index is 2.60. The van der Waals surface area contributed by atoms with Crippen LogP contribution in [-0.2, 0) is 0 Å². The normalized spacial score (nSPS) is 14.3. The maximum atomic E-state index is 10.1. The Morgan fingerprint density at radius 3 is 2.61 bits per heavy atom. The molecule has 0 saturated heterocycles. The summed E-state index contributed by atoms with van der Waals surface area (Å²) < 4.78 is 5.23. The third kappa shape index (κ3) is 4.29. The minimum Gasteiger partial charge on any atom is -0.496 e. The zero-order valence-electron chi connectivity index (χ0n) is 11.3. The van der Waals surface area contributed by atoms with Crippen LogP contribution in [0.3, 0.4) is 0 Å². The Labute approximate surface area is 109 Å². The van der Waals surface area contributed by atoms with Gasteiger partial charge in [0.25, 0.3) is 0 Å². The average molecular weight is 253 g/mol. The summed E-state index contributed by atoms with van der Waals surface area (Å²) in [6.07, 6.45) is -0.294. The van der Waals surface area contributed by atoms with Crippen molar-refractivity contribution in [1.29, 1.82) is 0 Å². The Kier molecular flexibility index (Phi) is 6.12. The van der Waals surface area contributed by atoms with Crippen LogP contribution in [-0.4, -0.2) is 36.5 Å². The molecule has 0 aliphatic rings. The highest BCUT2D eigenvalue weighted by Gasteiger charge is 2.13. The van der Waals surface area contributed by atoms with E-state index in [1.165, 1.54) is 0 Å². The molecule has 1 rings (SSSR count). The number of benzene rings is 1. The van der Waals surface area contributed by atoms with Crippen molar-refractivity contribution in [3.63, 3.8) is 0 Å². The first-order chi connectivity index (χ1) is 8.58. The van der Waals surface area contributed by atoms with E-state index in [0.29, 0.717) is 25.3 Å². The van der Waals surface area contributed by atoms with Gasteiger partial charge in [-0.25, -0.2) is 0 Å². The van der Waals surface area contributed by atoms with Crippen LogP contribution in [0, 0.1) is 6.92 Å². The first-order valence-corrected chi connectivity index (χ1v) is 6.29. The molecular formula is C14H23NO3. The number of rotatable bonds is 7. The van der Waals surface area contributed by atoms with E-state index in [1.807, 2.05) is 32.0 Å². The summed E-state index contributed by atoms with van der Waals surface area (Å²) in [5.41, 5.74) is 1.86. The van der Waals surface area contributed by atoms with E-state index >= 15 is 0 Å². The summed E-state index contributed by atoms with van der Waals surface area (Å²) in [7, 11) is 1.59. The summed E-state index contributed by atoms with van der Waals surface area (Å²) in [4.78, 5) is 0. The van der Waals surface area contributed by atoms with Crippen molar-refractivity contribution in [2.45, 2.75) is 32.5 Å². The van der Waals surface area contributed by atoms with Crippen LogP contribution in [0.2, 0.25) is 0 Å². The molecule has 102 valence electrons. The number of aryl methyl sites for hydroxylation is 1. The van der Waals surface area contributed by atoms with Gasteiger partial charge in [0.1, 0.15) is 5.75 Å². The molecule has 1 aromatic rings. The third-order valence-corrected chi connectivity index (χ3v) is 2.93. The third-order valence-electron chi connectivity index (χ3n) is 2.93. The number of aliphatic hydroxyl groups excluding tert-OH is 2. The van der Waals surface area contributed by atoms with E-state index in [0.717, 1.165) is 11.1 Å². The topological polar surface area (TPSA) is 61.7 Å². The summed E-state index contributed by atoms with van der Waals surface area (Å²) in [6, 6.07) is 5.72. The number of nitrogens with one attached hydrogen (secondary N) is 1. The Morgan fingerprint density at radius 2 is 2.00 bits per heavy atom. The minimum atomic E-state index is -0.635. The molecule has 0 heterocycles. The van der Waals surface area contributed by atoms with Gasteiger partial charge < -0.3 is 20.3 Å². The van der Waals surface area contributed by atoms with E-state index in [2.05, 4.69) is 5.32 Å². The van der Waals surface area contributed by atoms with Crippen molar-refractivity contribution in [3.05, 3.63) is 29.3 Å². The molecule has 0 amide bonds. The van der Waals surface area contributed by atoms with Crippen molar-refractivity contribution in [2.75, 3.05) is 20.2 Å². The molecular weight excluding hydrogens is 230 g/mol. The molecule has 0 fully saturated rings. The number of hydrogen-bond donors (Lipinski definition) is 3. The maximum absolute atomic E-state index is 10.1. The second-order valence-corrected chi connectivity index (χ2v) is 4.48. The van der Waals surface area contributed by atoms with Gasteiger partial charge in [-0.15, -0.1) is 0 Å². The van der Waals surface area contributed by atoms with Crippen LogP contribution in [0.1, 0.15) is 30.6 Å². The molecule has 0 aliphatic carbocycles. The Hall–Kier alpha value is -1.10. The van der Waals surface area contributed by atoms with Gasteiger partial charge >= 0.3 is 0 Å². The predicted octanol–water partition coefficient (Wildman–Crippen LogP) is 1.40. The lowest BCUT2D eigenvalue weighted by Crippen LogP contribution is -2.30. The highest BCUT2D eigenvalue weighted by molar-refractivity contribution is 5.38. The lowest BCUT2D eigenvalue weighted by Gasteiger charge is -2.17. The molecule has 4 heteroatoms. The van der Waals surface area contributed by atoms with Crippen molar-refractivity contribution >= 4 is 0 Å². The van der Waals surface area contributed by atoms with Gasteiger partial charge in [0, 0.05) is 18.7 Å². The largest absolute Gasteiger partial charge is 0.496 e. The number of ether oxygens (including phenoxy) is 1. The molecule has 0 saturated carbocycles. The quantitative estimate of drug-likeness (QED) is 0.687. The van der Waals surface area contributed by atoms with Gasteiger partial charge in [-0.05, 0) is 25.5 Å². The van der Waals surface area contributed by atoms with Crippen LogP contribution in [0.15, 0.2) is 18.2 Å². The summed E-state index contributed by atoms with van der Waals surface area (Å²) in [6.45, 7) is 4.79. The molecule has 0 bridgehead atoms. The smallest absolute Gasteiger partial charge is 0.124 e. The van der Waals surface area contributed by atoms with Gasteiger partial charge in [-0.2, -0.15) is 0 Å². The molecule has 2 atom stereocenters. The van der Waals surface area contributed by atoms with Gasteiger partial charge in [-0.3, -0.25) is 0 Å². The number of aliphatic hydroxyl groups is 2. The van der Waals surface area contributed by atoms with Gasteiger partial charge in [0.05, 0.1) is 19.3 Å². The first-order valence-electron chi connectivity index (χ1n) is 6.29. The van der Waals surface area contributed by atoms with E-state index in [4.69, 9.17) is 4.74 Å². The zero-order chi connectivity index (χ0) is 13.5. The molecule has 0 aliphatic heterocycles. The lowest BCUT2D eigenvalue weighted by atomic mass is 10.1. The highest BCUT2D eigenvalue weighted by atomic mass is 16.5. The van der Waals surface area contributed by atoms with Crippen molar-refractivity contribution < 1.29 is 14.9 Å². The van der Waals surface area contributed by atoms with E-state index in [1.54, 1.807) is 7.11 Å². The summed E-state index contributed by atoms with van der Waals surface area (Å²) in [5, 5.41) is 22.6. The standard InChI is InChI=1S/C14H23NO3/c1-4-11(16)8-15-9-13(17)12-7-10(2)5-6-14(12)18-3/h5-7,11,13,15-17H,4,8-9H2,1-3H3. The van der Waals surface area contributed by atoms with Gasteiger partial charge in [-0.1, -0.05) is 18.6 Å². The second kappa shape index (κ2) is 7.36. The number of hydrogen-bond acceptors (Lipinski definition) is 4. The maximum Gasteiger partial charge on any atom is 0.124 e. The molecule has 0 radical (unpaired) electrons. The first kappa shape index (κ1) is 15.0. The fourth-order valence-corrected chi connectivity index (χ4v) is 1.76. The highest BCUT2D eigenvalue weighted by Crippen LogP contribution is 2.25. The van der Waals surface area contributed by atoms with Crippen LogP contribution >= 0.6 is 0 Å². The van der Waals surface area contributed by atoms with E-state index in [9.17, 15) is 10.2 Å². The molecule has 0 spiro atoms. The zero-order valence-corrected chi connectivity index (χ0v) is 11.3. The van der Waals surface area contributed by atoms with E-state index < -0.39 is 6.10 Å². The van der Waals surface area contributed by atoms with Crippen LogP contribution in [0.4, 0.5) is 0 Å². The van der Waals surface area contributed by atoms with E-state index in [-0.39, 0.29) is 6.10 Å². The molecule has 0 aromatic heterocycles. The molecule has 3 N–H and O–H groups in total. The summed E-state index contributed by atoms with van der Waals surface area (Å²) in [5.74, 6) is 0.686. The van der Waals surface area contributed by atoms with Crippen molar-refractivity contribution in [3.8, 4) is 5.75 Å². The van der Waals surface area contributed by atoms with Gasteiger partial charge in [0.15, 0.2) is 0 Å². The minimum absolute atomic E-state index is 0.364. The average Bonchev–Trinajstić information content (AvgIpc) is 2.38. The molecule has 1 aromatic carbocycles. The van der Waals surface area contributed by atoms with Crippen molar-refractivity contribution in [2.24, 2.45) is 0 Å². The summed E-state index contributed by atoms with van der Waals surface area (Å²) >= 11 is 0. The molecule has 18 heavy (non-hydrogen) atoms. The van der Waals surface area contributed by atoms with Gasteiger partial charge in [0.2, 0.25) is 0 Å². The fourth-order valence-electron chi connectivity index (χ4n) is 1.76. The fraction of sp³-hybridized carbons (Fsp3) is 0.571. The predicted molar refractivity (Wildman–Crippen MR) is 71.9 cm³/mol. The SMILES string of the molecule is CCC(O)CNCC(O)c1cc(C)ccc1OC. The van der Waals surface area contributed by atoms with Crippen LogP contribution in [0.5, 0.6) is 5.75 Å². The van der Waals surface area contributed by atoms with Crippen molar-refractivity contribution in [1.82, 2.24) is 5.32 Å². The lowest BCUT2D eigenvalue weighted by molar-refractivity contribution is 0.142. The van der Waals surface area contributed by atoms with Crippen LogP contribution in [0.25, 0.3) is 0 Å². The second-order valence-electron chi connectivity index (χ2n) is 4.48. The molecule has 4 nitrogen and oxygen atoms in total. The Morgan fingerprint density at radius 1 is 1.28 bits per heavy atom. The monoisotopic (exact) mass is 253 g/mol. The van der Waals surface area contributed by atoms with Crippen LogP contribution < -0.4 is 10.1 Å². The Bertz CT molecular complexity index is 368. The molecule has 2 unspecified atom stereocenters. The number of methoxy groups -OCH3 is 1.